The number of likely N-dealkylation sites (N-methyl/N-ethyl adjacent to an activating group) is 1. The summed E-state index contributed by atoms with van der Waals surface area (Å²) >= 11 is 0. The van der Waals surface area contributed by atoms with Crippen LogP contribution in [0.4, 0.5) is 5.69 Å². The number of nitrogens with one attached hydrogen (secondary N) is 1. The molecule has 2 aliphatic carbocycles. The summed E-state index contributed by atoms with van der Waals surface area (Å²) in [6.45, 7) is 7.26. The van der Waals surface area contributed by atoms with Gasteiger partial charge in [0.1, 0.15) is 0 Å². The molecular weight excluding hydrogens is 330 g/mol. The number of fused-ring (bicyclic) bond motifs is 1. The summed E-state index contributed by atoms with van der Waals surface area (Å²) in [7, 11) is 0. The maximum atomic E-state index is 12.4. The Morgan fingerprint density at radius 1 is 1.17 bits per heavy atom. The monoisotopic (exact) mass is 351 g/mol. The smallest absolute Gasteiger partial charge is 0.278 e. The average molecular weight is 352 g/mol. The summed E-state index contributed by atoms with van der Waals surface area (Å²) in [6.07, 6.45) is 0. The van der Waals surface area contributed by atoms with Crippen molar-refractivity contribution in [3.63, 3.8) is 0 Å². The molecule has 1 N–H and O–H groups in total. The number of nitrogens with zero attached hydrogens (tertiary/aromatic N) is 2. The van der Waals surface area contributed by atoms with Crippen molar-refractivity contribution in [2.75, 3.05) is 26.2 Å². The van der Waals surface area contributed by atoms with E-state index in [1.165, 1.54) is 6.07 Å². The molecule has 0 atom stereocenters. The molecule has 0 radical (unpaired) electrons. The van der Waals surface area contributed by atoms with Crippen LogP contribution < -0.4 is 5.32 Å². The maximum absolute atomic E-state index is 12.4. The van der Waals surface area contributed by atoms with Crippen LogP contribution in [-0.2, 0) is 0 Å². The van der Waals surface area contributed by atoms with Gasteiger partial charge in [0.25, 0.3) is 11.6 Å². The van der Waals surface area contributed by atoms with E-state index in [9.17, 15) is 14.9 Å². The average Bonchev–Trinajstić information content (AvgIpc) is 2.73. The first kappa shape index (κ1) is 19.9. The lowest BCUT2D eigenvalue weighted by Gasteiger charge is -2.17. The Hall–Kier alpha value is -2.18. The summed E-state index contributed by atoms with van der Waals surface area (Å²) in [4.78, 5) is 25.4. The first-order chi connectivity index (χ1) is 11.1. The van der Waals surface area contributed by atoms with Crippen LogP contribution in [0.15, 0.2) is 36.4 Å². The van der Waals surface area contributed by atoms with Crippen molar-refractivity contribution in [3.8, 4) is 11.1 Å². The molecule has 0 fully saturated rings. The standard InChI is InChI=1S/C17H21N3O3.ClH/c1-3-19(4-2)11-10-18-17(21)15-12-16(20(22)23)14-9-7-5-6-8-13(14)15;/h5-9,12H,3-4,10-11H2,1-2H3,(H,18,21);1H. The van der Waals surface area contributed by atoms with Crippen molar-refractivity contribution in [2.45, 2.75) is 13.8 Å². The SMILES string of the molecule is CCN(CC)CCNC(=O)c1cc([N+](=O)[O-])c2cccccc1-2.Cl. The number of nitro groups is 1. The maximum Gasteiger partial charge on any atom is 0.278 e. The van der Waals surface area contributed by atoms with Gasteiger partial charge in [-0.3, -0.25) is 14.9 Å². The van der Waals surface area contributed by atoms with Crippen LogP contribution in [0.3, 0.4) is 0 Å². The Kier molecular flexibility index (Phi) is 7.61. The van der Waals surface area contributed by atoms with E-state index >= 15 is 0 Å². The summed E-state index contributed by atoms with van der Waals surface area (Å²) in [5.41, 5.74) is 1.39. The lowest BCUT2D eigenvalue weighted by molar-refractivity contribution is -0.383. The van der Waals surface area contributed by atoms with Crippen LogP contribution in [0.25, 0.3) is 11.1 Å². The molecule has 1 amide bonds. The molecule has 2 aliphatic rings. The van der Waals surface area contributed by atoms with Crippen molar-refractivity contribution in [3.05, 3.63) is 52.1 Å². The summed E-state index contributed by atoms with van der Waals surface area (Å²) in [6, 6.07) is 10.1. The van der Waals surface area contributed by atoms with Gasteiger partial charge in [-0.15, -0.1) is 12.4 Å². The third-order valence-electron chi connectivity index (χ3n) is 3.93. The molecule has 0 unspecified atom stereocenters. The second-order valence-corrected chi connectivity index (χ2v) is 5.22. The topological polar surface area (TPSA) is 75.5 Å². The lowest BCUT2D eigenvalue weighted by atomic mass is 10.1. The van der Waals surface area contributed by atoms with Gasteiger partial charge in [-0.25, -0.2) is 0 Å². The van der Waals surface area contributed by atoms with Gasteiger partial charge in [0, 0.05) is 24.7 Å². The van der Waals surface area contributed by atoms with Gasteiger partial charge < -0.3 is 10.2 Å². The molecule has 0 aromatic rings. The van der Waals surface area contributed by atoms with Crippen LogP contribution in [0.1, 0.15) is 24.2 Å². The van der Waals surface area contributed by atoms with E-state index in [4.69, 9.17) is 0 Å². The fraction of sp³-hybridized carbons (Fsp3) is 0.353. The van der Waals surface area contributed by atoms with E-state index in [2.05, 4.69) is 24.1 Å². The van der Waals surface area contributed by atoms with E-state index in [-0.39, 0.29) is 24.0 Å². The Balaban J connectivity index is 0.00000288. The number of halogens is 1. The highest BCUT2D eigenvalue weighted by atomic mass is 35.5. The molecule has 7 heteroatoms. The van der Waals surface area contributed by atoms with Gasteiger partial charge in [-0.1, -0.05) is 38.1 Å². The second kappa shape index (κ2) is 9.20. The zero-order chi connectivity index (χ0) is 16.8. The highest BCUT2D eigenvalue weighted by Gasteiger charge is 2.26. The van der Waals surface area contributed by atoms with E-state index < -0.39 is 4.92 Å². The first-order valence-electron chi connectivity index (χ1n) is 7.75. The van der Waals surface area contributed by atoms with Crippen LogP contribution >= 0.6 is 12.4 Å². The molecule has 0 aliphatic heterocycles. The number of hydrogen-bond donors (Lipinski definition) is 1. The summed E-state index contributed by atoms with van der Waals surface area (Å²) < 4.78 is 0. The van der Waals surface area contributed by atoms with Crippen molar-refractivity contribution < 1.29 is 9.72 Å². The fourth-order valence-electron chi connectivity index (χ4n) is 2.60. The minimum Gasteiger partial charge on any atom is -0.351 e. The number of carbonyl (C=O) groups excluding carboxylic acids is 1. The third-order valence-corrected chi connectivity index (χ3v) is 3.93. The van der Waals surface area contributed by atoms with E-state index in [1.54, 1.807) is 30.3 Å². The predicted molar refractivity (Wildman–Crippen MR) is 97.1 cm³/mol. The zero-order valence-corrected chi connectivity index (χ0v) is 14.6. The minimum atomic E-state index is -0.449. The van der Waals surface area contributed by atoms with Gasteiger partial charge in [-0.2, -0.15) is 0 Å². The number of hydrogen-bond acceptors (Lipinski definition) is 4. The molecule has 0 bridgehead atoms. The Morgan fingerprint density at radius 3 is 2.38 bits per heavy atom. The van der Waals surface area contributed by atoms with Gasteiger partial charge in [-0.05, 0) is 19.2 Å². The van der Waals surface area contributed by atoms with Crippen LogP contribution in [0.2, 0.25) is 0 Å². The van der Waals surface area contributed by atoms with E-state index in [0.29, 0.717) is 23.2 Å². The number of carbonyl (C=O) groups is 1. The zero-order valence-electron chi connectivity index (χ0n) is 13.8. The van der Waals surface area contributed by atoms with E-state index in [1.807, 2.05) is 0 Å². The second-order valence-electron chi connectivity index (χ2n) is 5.22. The lowest BCUT2D eigenvalue weighted by Crippen LogP contribution is -2.34. The highest BCUT2D eigenvalue weighted by molar-refractivity contribution is 6.04. The quantitative estimate of drug-likeness (QED) is 0.614. The summed E-state index contributed by atoms with van der Waals surface area (Å²) in [5.74, 6) is -0.276. The minimum absolute atomic E-state index is 0. The molecule has 6 nitrogen and oxygen atoms in total. The summed E-state index contributed by atoms with van der Waals surface area (Å²) in [5, 5.41) is 14.1. The largest absolute Gasteiger partial charge is 0.351 e. The molecule has 0 aromatic heterocycles. The highest BCUT2D eigenvalue weighted by Crippen LogP contribution is 2.36. The van der Waals surface area contributed by atoms with Crippen LogP contribution in [-0.4, -0.2) is 41.9 Å². The van der Waals surface area contributed by atoms with Gasteiger partial charge in [0.15, 0.2) is 0 Å². The molecule has 0 saturated carbocycles. The normalized spacial score (nSPS) is 10.5. The van der Waals surface area contributed by atoms with Crippen molar-refractivity contribution in [1.29, 1.82) is 0 Å². The Labute approximate surface area is 147 Å². The molecule has 2 rings (SSSR count). The van der Waals surface area contributed by atoms with Crippen molar-refractivity contribution in [1.82, 2.24) is 10.2 Å². The van der Waals surface area contributed by atoms with Gasteiger partial charge in [0.05, 0.1) is 16.1 Å². The number of amides is 1. The van der Waals surface area contributed by atoms with Crippen molar-refractivity contribution >= 4 is 24.0 Å². The molecular formula is C17H22ClN3O3. The van der Waals surface area contributed by atoms with Crippen LogP contribution in [0.5, 0.6) is 0 Å². The molecule has 24 heavy (non-hydrogen) atoms. The molecule has 0 spiro atoms. The Bertz CT molecular complexity index is 674. The van der Waals surface area contributed by atoms with Gasteiger partial charge >= 0.3 is 0 Å². The predicted octanol–water partition coefficient (Wildman–Crippen LogP) is 3.19. The molecule has 0 heterocycles. The Morgan fingerprint density at radius 2 is 1.79 bits per heavy atom. The fourth-order valence-corrected chi connectivity index (χ4v) is 2.60. The number of rotatable bonds is 7. The third kappa shape index (κ3) is 4.43. The van der Waals surface area contributed by atoms with Gasteiger partial charge in [0.2, 0.25) is 0 Å². The molecule has 0 aromatic carbocycles. The first-order valence-corrected chi connectivity index (χ1v) is 7.75. The molecule has 0 saturated heterocycles. The van der Waals surface area contributed by atoms with E-state index in [0.717, 1.165) is 19.6 Å². The molecule has 130 valence electrons. The van der Waals surface area contributed by atoms with Crippen LogP contribution in [0, 0.1) is 10.1 Å². The van der Waals surface area contributed by atoms with Crippen molar-refractivity contribution in [2.24, 2.45) is 0 Å².